The summed E-state index contributed by atoms with van der Waals surface area (Å²) < 4.78 is 5.19. The molecule has 94 valence electrons. The molecule has 0 radical (unpaired) electrons. The van der Waals surface area contributed by atoms with Gasteiger partial charge in [0.25, 0.3) is 5.91 Å². The molecule has 0 spiro atoms. The average Bonchev–Trinajstić information content (AvgIpc) is 2.75. The number of nitrogens with two attached hydrogens (primary N) is 1. The van der Waals surface area contributed by atoms with Crippen molar-refractivity contribution in [3.63, 3.8) is 0 Å². The van der Waals surface area contributed by atoms with Gasteiger partial charge in [0.1, 0.15) is 12.0 Å². The van der Waals surface area contributed by atoms with Crippen molar-refractivity contribution in [1.82, 2.24) is 4.90 Å². The van der Waals surface area contributed by atoms with Gasteiger partial charge in [0.2, 0.25) is 0 Å². The Morgan fingerprint density at radius 3 is 3.00 bits per heavy atom. The Kier molecular flexibility index (Phi) is 3.52. The molecule has 2 atom stereocenters. The summed E-state index contributed by atoms with van der Waals surface area (Å²) in [6.07, 6.45) is 3.58. The van der Waals surface area contributed by atoms with E-state index in [1.54, 1.807) is 6.07 Å². The van der Waals surface area contributed by atoms with Crippen LogP contribution >= 0.6 is 0 Å². The quantitative estimate of drug-likeness (QED) is 0.851. The molecule has 0 aromatic carbocycles. The summed E-state index contributed by atoms with van der Waals surface area (Å²) in [5.74, 6) is 1.46. The molecular weight excluding hydrogens is 216 g/mol. The Hall–Kier alpha value is -1.29. The van der Waals surface area contributed by atoms with Crippen LogP contribution in [0.4, 0.5) is 0 Å². The SMILES string of the molecule is Cc1cc(C(=O)N2CCC(C)CC2CN)co1. The number of aryl methyl sites for hydroxylation is 1. The Morgan fingerprint density at radius 1 is 1.65 bits per heavy atom. The molecule has 1 amide bonds. The van der Waals surface area contributed by atoms with Gasteiger partial charge in [0.05, 0.1) is 5.56 Å². The first-order valence-electron chi connectivity index (χ1n) is 6.18. The third-order valence-electron chi connectivity index (χ3n) is 3.49. The second kappa shape index (κ2) is 4.92. The average molecular weight is 236 g/mol. The van der Waals surface area contributed by atoms with Crippen molar-refractivity contribution >= 4 is 5.91 Å². The number of carbonyl (C=O) groups excluding carboxylic acids is 1. The van der Waals surface area contributed by atoms with Crippen LogP contribution in [0.5, 0.6) is 0 Å². The summed E-state index contributed by atoms with van der Waals surface area (Å²) in [4.78, 5) is 14.2. The first-order valence-corrected chi connectivity index (χ1v) is 6.18. The first-order chi connectivity index (χ1) is 8.11. The predicted octanol–water partition coefficient (Wildman–Crippen LogP) is 1.79. The van der Waals surface area contributed by atoms with Crippen molar-refractivity contribution in [2.45, 2.75) is 32.7 Å². The maximum Gasteiger partial charge on any atom is 0.257 e. The van der Waals surface area contributed by atoms with Crippen LogP contribution in [0.25, 0.3) is 0 Å². The maximum absolute atomic E-state index is 12.3. The predicted molar refractivity (Wildman–Crippen MR) is 65.7 cm³/mol. The fourth-order valence-electron chi connectivity index (χ4n) is 2.46. The molecule has 0 saturated carbocycles. The van der Waals surface area contributed by atoms with Gasteiger partial charge in [-0.15, -0.1) is 0 Å². The highest BCUT2D eigenvalue weighted by atomic mass is 16.3. The lowest BCUT2D eigenvalue weighted by Crippen LogP contribution is -2.49. The molecule has 4 heteroatoms. The molecule has 2 N–H and O–H groups in total. The summed E-state index contributed by atoms with van der Waals surface area (Å²) in [5, 5.41) is 0. The van der Waals surface area contributed by atoms with E-state index in [0.717, 1.165) is 25.1 Å². The van der Waals surface area contributed by atoms with Crippen LogP contribution in [0.1, 0.15) is 35.9 Å². The van der Waals surface area contributed by atoms with Gasteiger partial charge >= 0.3 is 0 Å². The lowest BCUT2D eigenvalue weighted by atomic mass is 9.92. The van der Waals surface area contributed by atoms with E-state index < -0.39 is 0 Å². The van der Waals surface area contributed by atoms with Gasteiger partial charge in [0.15, 0.2) is 0 Å². The number of nitrogens with zero attached hydrogens (tertiary/aromatic N) is 1. The molecule has 1 aliphatic heterocycles. The Morgan fingerprint density at radius 2 is 2.41 bits per heavy atom. The summed E-state index contributed by atoms with van der Waals surface area (Å²) in [6.45, 7) is 5.39. The van der Waals surface area contributed by atoms with Gasteiger partial charge in [-0.25, -0.2) is 0 Å². The molecule has 17 heavy (non-hydrogen) atoms. The molecule has 1 saturated heterocycles. The van der Waals surface area contributed by atoms with E-state index in [-0.39, 0.29) is 11.9 Å². The lowest BCUT2D eigenvalue weighted by Gasteiger charge is -2.37. The number of piperidine rings is 1. The van der Waals surface area contributed by atoms with Gasteiger partial charge in [-0.1, -0.05) is 6.92 Å². The Bertz CT molecular complexity index is 400. The molecular formula is C13H20N2O2. The zero-order valence-corrected chi connectivity index (χ0v) is 10.5. The smallest absolute Gasteiger partial charge is 0.257 e. The number of furan rings is 1. The van der Waals surface area contributed by atoms with Gasteiger partial charge in [-0.05, 0) is 31.7 Å². The molecule has 0 aliphatic carbocycles. The minimum atomic E-state index is 0.0456. The highest BCUT2D eigenvalue weighted by molar-refractivity contribution is 5.94. The maximum atomic E-state index is 12.3. The number of likely N-dealkylation sites (tertiary alicyclic amines) is 1. The number of amides is 1. The highest BCUT2D eigenvalue weighted by Crippen LogP contribution is 2.24. The number of hydrogen-bond donors (Lipinski definition) is 1. The molecule has 0 bridgehead atoms. The van der Waals surface area contributed by atoms with Crippen LogP contribution in [0.3, 0.4) is 0 Å². The molecule has 1 aromatic rings. The lowest BCUT2D eigenvalue weighted by molar-refractivity contribution is 0.0573. The van der Waals surface area contributed by atoms with E-state index >= 15 is 0 Å². The normalized spacial score (nSPS) is 25.0. The molecule has 1 aliphatic rings. The monoisotopic (exact) mass is 236 g/mol. The van der Waals surface area contributed by atoms with Crippen LogP contribution in [0.2, 0.25) is 0 Å². The molecule has 2 heterocycles. The highest BCUT2D eigenvalue weighted by Gasteiger charge is 2.29. The van der Waals surface area contributed by atoms with E-state index in [0.29, 0.717) is 18.0 Å². The van der Waals surface area contributed by atoms with Gasteiger partial charge in [0, 0.05) is 19.1 Å². The minimum absolute atomic E-state index is 0.0456. The third kappa shape index (κ3) is 2.52. The van der Waals surface area contributed by atoms with Crippen molar-refractivity contribution < 1.29 is 9.21 Å². The fourth-order valence-corrected chi connectivity index (χ4v) is 2.46. The van der Waals surface area contributed by atoms with E-state index in [4.69, 9.17) is 10.2 Å². The van der Waals surface area contributed by atoms with Crippen molar-refractivity contribution in [3.8, 4) is 0 Å². The molecule has 1 aromatic heterocycles. The molecule has 2 rings (SSSR count). The summed E-state index contributed by atoms with van der Waals surface area (Å²) in [6, 6.07) is 1.95. The van der Waals surface area contributed by atoms with Crippen LogP contribution < -0.4 is 5.73 Å². The number of hydrogen-bond acceptors (Lipinski definition) is 3. The van der Waals surface area contributed by atoms with Gasteiger partial charge in [-0.2, -0.15) is 0 Å². The van der Waals surface area contributed by atoms with Crippen LogP contribution in [-0.4, -0.2) is 29.9 Å². The molecule has 4 nitrogen and oxygen atoms in total. The van der Waals surface area contributed by atoms with Crippen molar-refractivity contribution in [1.29, 1.82) is 0 Å². The van der Waals surface area contributed by atoms with E-state index in [2.05, 4.69) is 6.92 Å². The number of rotatable bonds is 2. The minimum Gasteiger partial charge on any atom is -0.469 e. The summed E-state index contributed by atoms with van der Waals surface area (Å²) >= 11 is 0. The summed E-state index contributed by atoms with van der Waals surface area (Å²) in [5.41, 5.74) is 6.39. The van der Waals surface area contributed by atoms with Crippen LogP contribution in [-0.2, 0) is 0 Å². The topological polar surface area (TPSA) is 59.5 Å². The second-order valence-electron chi connectivity index (χ2n) is 4.96. The summed E-state index contributed by atoms with van der Waals surface area (Å²) in [7, 11) is 0. The van der Waals surface area contributed by atoms with Crippen molar-refractivity contribution in [2.75, 3.05) is 13.1 Å². The van der Waals surface area contributed by atoms with Gasteiger partial charge < -0.3 is 15.1 Å². The van der Waals surface area contributed by atoms with E-state index in [1.165, 1.54) is 6.26 Å². The van der Waals surface area contributed by atoms with Crippen LogP contribution in [0, 0.1) is 12.8 Å². The Labute approximate surface area is 102 Å². The molecule has 2 unspecified atom stereocenters. The van der Waals surface area contributed by atoms with E-state index in [1.807, 2.05) is 11.8 Å². The van der Waals surface area contributed by atoms with E-state index in [9.17, 15) is 4.79 Å². The zero-order chi connectivity index (χ0) is 12.4. The van der Waals surface area contributed by atoms with Gasteiger partial charge in [-0.3, -0.25) is 4.79 Å². The third-order valence-corrected chi connectivity index (χ3v) is 3.49. The Balaban J connectivity index is 2.13. The molecule has 1 fully saturated rings. The number of carbonyl (C=O) groups is 1. The second-order valence-corrected chi connectivity index (χ2v) is 4.96. The van der Waals surface area contributed by atoms with Crippen LogP contribution in [0.15, 0.2) is 16.7 Å². The zero-order valence-electron chi connectivity index (χ0n) is 10.5. The van der Waals surface area contributed by atoms with Crippen molar-refractivity contribution in [2.24, 2.45) is 11.7 Å². The standard InChI is InChI=1S/C13H20N2O2/c1-9-3-4-15(12(5-9)7-14)13(16)11-6-10(2)17-8-11/h6,8-9,12H,3-5,7,14H2,1-2H3. The largest absolute Gasteiger partial charge is 0.469 e. The fraction of sp³-hybridized carbons (Fsp3) is 0.615. The van der Waals surface area contributed by atoms with Crippen molar-refractivity contribution in [3.05, 3.63) is 23.7 Å². The first kappa shape index (κ1) is 12.2.